The highest BCUT2D eigenvalue weighted by Crippen LogP contribution is 2.18. The lowest BCUT2D eigenvalue weighted by atomic mass is 10.0. The molecule has 4 heteroatoms. The Morgan fingerprint density at radius 3 is 2.54 bits per heavy atom. The van der Waals surface area contributed by atoms with E-state index in [2.05, 4.69) is 18.6 Å². The molecule has 0 bridgehead atoms. The van der Waals surface area contributed by atoms with Crippen LogP contribution in [0.1, 0.15) is 27.2 Å². The average molecular weight is 205 g/mol. The van der Waals surface area contributed by atoms with E-state index in [-0.39, 0.29) is 12.4 Å². The van der Waals surface area contributed by atoms with Crippen molar-refractivity contribution < 1.29 is 9.53 Å². The summed E-state index contributed by atoms with van der Waals surface area (Å²) in [4.78, 5) is 11.0. The molecule has 0 fully saturated rings. The second-order valence-corrected chi connectivity index (χ2v) is 5.33. The molecule has 0 rings (SSSR count). The third-order valence-corrected chi connectivity index (χ3v) is 3.02. The van der Waals surface area contributed by atoms with Crippen LogP contribution in [0.25, 0.3) is 0 Å². The second-order valence-electron chi connectivity index (χ2n) is 3.77. The number of nitrogens with two attached hydrogens (primary N) is 1. The van der Waals surface area contributed by atoms with Crippen molar-refractivity contribution in [2.75, 3.05) is 12.9 Å². The molecule has 0 saturated heterocycles. The molecule has 0 aliphatic rings. The van der Waals surface area contributed by atoms with Gasteiger partial charge in [-0.15, -0.1) is 0 Å². The van der Waals surface area contributed by atoms with Crippen molar-refractivity contribution in [2.45, 2.75) is 38.0 Å². The van der Waals surface area contributed by atoms with Gasteiger partial charge in [0.15, 0.2) is 0 Å². The zero-order chi connectivity index (χ0) is 10.5. The summed E-state index contributed by atoms with van der Waals surface area (Å²) in [5.74, 6) is 0.536. The standard InChI is InChI=1S/C9H19NO2S/c1-7(2)13-6-9(3,10)5-8(11)12-4/h7H,5-6,10H2,1-4H3. The minimum Gasteiger partial charge on any atom is -0.469 e. The summed E-state index contributed by atoms with van der Waals surface area (Å²) in [5, 5.41) is 0.542. The van der Waals surface area contributed by atoms with Crippen molar-refractivity contribution in [3.8, 4) is 0 Å². The summed E-state index contributed by atoms with van der Waals surface area (Å²) in [6.07, 6.45) is 0.281. The van der Waals surface area contributed by atoms with E-state index in [4.69, 9.17) is 5.73 Å². The van der Waals surface area contributed by atoms with Crippen molar-refractivity contribution in [3.05, 3.63) is 0 Å². The number of methoxy groups -OCH3 is 1. The largest absolute Gasteiger partial charge is 0.469 e. The molecule has 0 aromatic rings. The van der Waals surface area contributed by atoms with Gasteiger partial charge in [0.05, 0.1) is 13.5 Å². The first-order valence-corrected chi connectivity index (χ1v) is 5.39. The highest BCUT2D eigenvalue weighted by Gasteiger charge is 2.23. The minimum absolute atomic E-state index is 0.241. The van der Waals surface area contributed by atoms with Crippen LogP contribution in [0.2, 0.25) is 0 Å². The van der Waals surface area contributed by atoms with Crippen LogP contribution in [-0.4, -0.2) is 29.6 Å². The molecule has 0 radical (unpaired) electrons. The van der Waals surface area contributed by atoms with Gasteiger partial charge in [0, 0.05) is 11.3 Å². The van der Waals surface area contributed by atoms with E-state index in [0.29, 0.717) is 5.25 Å². The Bertz CT molecular complexity index is 169. The van der Waals surface area contributed by atoms with Gasteiger partial charge in [-0.1, -0.05) is 13.8 Å². The van der Waals surface area contributed by atoms with Crippen LogP contribution in [0.4, 0.5) is 0 Å². The van der Waals surface area contributed by atoms with E-state index in [1.807, 2.05) is 6.92 Å². The fourth-order valence-corrected chi connectivity index (χ4v) is 1.63. The van der Waals surface area contributed by atoms with Gasteiger partial charge in [-0.05, 0) is 12.2 Å². The van der Waals surface area contributed by atoms with E-state index < -0.39 is 5.54 Å². The molecule has 0 aliphatic carbocycles. The lowest BCUT2D eigenvalue weighted by Crippen LogP contribution is -2.41. The number of rotatable bonds is 5. The van der Waals surface area contributed by atoms with E-state index in [9.17, 15) is 4.79 Å². The molecular formula is C9H19NO2S. The number of hydrogen-bond donors (Lipinski definition) is 1. The van der Waals surface area contributed by atoms with Crippen LogP contribution in [0, 0.1) is 0 Å². The average Bonchev–Trinajstić information content (AvgIpc) is 2.00. The van der Waals surface area contributed by atoms with Crippen LogP contribution < -0.4 is 5.73 Å². The Morgan fingerprint density at radius 2 is 2.15 bits per heavy atom. The summed E-state index contributed by atoms with van der Waals surface area (Å²) in [5.41, 5.74) is 5.46. The molecule has 0 aromatic carbocycles. The highest BCUT2D eigenvalue weighted by atomic mass is 32.2. The molecule has 0 saturated carbocycles. The Kier molecular flexibility index (Phi) is 5.40. The molecule has 1 unspecified atom stereocenters. The van der Waals surface area contributed by atoms with Crippen LogP contribution >= 0.6 is 11.8 Å². The van der Waals surface area contributed by atoms with Gasteiger partial charge in [-0.3, -0.25) is 4.79 Å². The minimum atomic E-state index is -0.456. The van der Waals surface area contributed by atoms with Gasteiger partial charge in [0.2, 0.25) is 0 Å². The molecule has 0 amide bonds. The Hall–Kier alpha value is -0.220. The highest BCUT2D eigenvalue weighted by molar-refractivity contribution is 7.99. The Balaban J connectivity index is 3.86. The summed E-state index contributed by atoms with van der Waals surface area (Å²) >= 11 is 1.76. The predicted molar refractivity (Wildman–Crippen MR) is 56.8 cm³/mol. The van der Waals surface area contributed by atoms with Crippen molar-refractivity contribution >= 4 is 17.7 Å². The lowest BCUT2D eigenvalue weighted by Gasteiger charge is -2.23. The van der Waals surface area contributed by atoms with E-state index in [1.54, 1.807) is 11.8 Å². The summed E-state index contributed by atoms with van der Waals surface area (Å²) in [6.45, 7) is 6.09. The van der Waals surface area contributed by atoms with Crippen molar-refractivity contribution in [3.63, 3.8) is 0 Å². The fraction of sp³-hybridized carbons (Fsp3) is 0.889. The van der Waals surface area contributed by atoms with E-state index >= 15 is 0 Å². The number of ether oxygens (including phenoxy) is 1. The SMILES string of the molecule is COC(=O)CC(C)(N)CSC(C)C. The molecule has 0 spiro atoms. The molecule has 78 valence electrons. The second kappa shape index (κ2) is 5.50. The number of esters is 1. The molecule has 3 nitrogen and oxygen atoms in total. The molecule has 0 heterocycles. The number of thioether (sulfide) groups is 1. The normalized spacial score (nSPS) is 15.5. The molecule has 13 heavy (non-hydrogen) atoms. The Morgan fingerprint density at radius 1 is 1.62 bits per heavy atom. The predicted octanol–water partition coefficient (Wildman–Crippen LogP) is 1.41. The van der Waals surface area contributed by atoms with Crippen molar-refractivity contribution in [1.29, 1.82) is 0 Å². The number of carbonyl (C=O) groups is 1. The quantitative estimate of drug-likeness (QED) is 0.689. The van der Waals surface area contributed by atoms with Gasteiger partial charge in [0.25, 0.3) is 0 Å². The monoisotopic (exact) mass is 205 g/mol. The Labute approximate surface area is 84.4 Å². The third kappa shape index (κ3) is 6.90. The maximum Gasteiger partial charge on any atom is 0.307 e. The lowest BCUT2D eigenvalue weighted by molar-refractivity contribution is -0.141. The zero-order valence-electron chi connectivity index (χ0n) is 8.79. The van der Waals surface area contributed by atoms with Gasteiger partial charge in [0.1, 0.15) is 0 Å². The zero-order valence-corrected chi connectivity index (χ0v) is 9.61. The van der Waals surface area contributed by atoms with Gasteiger partial charge < -0.3 is 10.5 Å². The maximum atomic E-state index is 11.0. The van der Waals surface area contributed by atoms with Gasteiger partial charge >= 0.3 is 5.97 Å². The van der Waals surface area contributed by atoms with Crippen molar-refractivity contribution in [2.24, 2.45) is 5.73 Å². The van der Waals surface area contributed by atoms with Crippen molar-refractivity contribution in [1.82, 2.24) is 0 Å². The van der Waals surface area contributed by atoms with Crippen LogP contribution in [-0.2, 0) is 9.53 Å². The van der Waals surface area contributed by atoms with Gasteiger partial charge in [-0.25, -0.2) is 0 Å². The molecule has 0 aromatic heterocycles. The fourth-order valence-electron chi connectivity index (χ4n) is 0.810. The first-order valence-electron chi connectivity index (χ1n) is 4.34. The summed E-state index contributed by atoms with van der Waals surface area (Å²) in [6, 6.07) is 0. The van der Waals surface area contributed by atoms with Crippen LogP contribution in [0.3, 0.4) is 0 Å². The molecule has 2 N–H and O–H groups in total. The molecular weight excluding hydrogens is 186 g/mol. The van der Waals surface area contributed by atoms with Gasteiger partial charge in [-0.2, -0.15) is 11.8 Å². The van der Waals surface area contributed by atoms with Crippen LogP contribution in [0.5, 0.6) is 0 Å². The summed E-state index contributed by atoms with van der Waals surface area (Å²) in [7, 11) is 1.38. The number of carbonyl (C=O) groups excluding carboxylic acids is 1. The smallest absolute Gasteiger partial charge is 0.307 e. The first kappa shape index (κ1) is 12.8. The molecule has 0 aliphatic heterocycles. The van der Waals surface area contributed by atoms with Crippen LogP contribution in [0.15, 0.2) is 0 Å². The first-order chi connectivity index (χ1) is 5.87. The molecule has 1 atom stereocenters. The topological polar surface area (TPSA) is 52.3 Å². The van der Waals surface area contributed by atoms with E-state index in [0.717, 1.165) is 5.75 Å². The van der Waals surface area contributed by atoms with E-state index in [1.165, 1.54) is 7.11 Å². The number of hydrogen-bond acceptors (Lipinski definition) is 4. The summed E-state index contributed by atoms with van der Waals surface area (Å²) < 4.78 is 4.56. The maximum absolute atomic E-state index is 11.0. The third-order valence-electron chi connectivity index (χ3n) is 1.52.